The van der Waals surface area contributed by atoms with Gasteiger partial charge in [0, 0.05) is 13.1 Å². The summed E-state index contributed by atoms with van der Waals surface area (Å²) in [5, 5.41) is 0. The average molecular weight is 269 g/mol. The van der Waals surface area contributed by atoms with Crippen molar-refractivity contribution in [1.29, 1.82) is 0 Å². The predicted octanol–water partition coefficient (Wildman–Crippen LogP) is 3.82. The van der Waals surface area contributed by atoms with Crippen LogP contribution in [0.3, 0.4) is 0 Å². The van der Waals surface area contributed by atoms with Crippen LogP contribution in [0.1, 0.15) is 23.1 Å². The van der Waals surface area contributed by atoms with E-state index in [1.165, 1.54) is 11.1 Å². The normalized spacial score (nSPS) is 15.1. The highest BCUT2D eigenvalue weighted by Crippen LogP contribution is 2.20. The maximum Gasteiger partial charge on any atom is 0.123 e. The molecule has 2 aromatic carbocycles. The van der Waals surface area contributed by atoms with Gasteiger partial charge in [-0.05, 0) is 54.6 Å². The molecule has 0 aromatic heterocycles. The van der Waals surface area contributed by atoms with Gasteiger partial charge in [0.15, 0.2) is 0 Å². The summed E-state index contributed by atoms with van der Waals surface area (Å²) in [4.78, 5) is 2.44. The SMILES string of the molecule is Fc1ccc2c(c1)CN(CCCc1ccccc1)CC2. The minimum Gasteiger partial charge on any atom is -0.299 e. The maximum absolute atomic E-state index is 13.3. The second kappa shape index (κ2) is 6.19. The first kappa shape index (κ1) is 13.3. The van der Waals surface area contributed by atoms with E-state index in [2.05, 4.69) is 35.2 Å². The molecule has 0 N–H and O–H groups in total. The molecule has 0 unspecified atom stereocenters. The fraction of sp³-hybridized carbons (Fsp3) is 0.333. The van der Waals surface area contributed by atoms with Crippen LogP contribution in [0.15, 0.2) is 48.5 Å². The molecule has 0 bridgehead atoms. The maximum atomic E-state index is 13.3. The number of aryl methyl sites for hydroxylation is 1. The third-order valence-electron chi connectivity index (χ3n) is 4.04. The van der Waals surface area contributed by atoms with E-state index in [0.29, 0.717) is 0 Å². The first-order valence-corrected chi connectivity index (χ1v) is 7.35. The lowest BCUT2D eigenvalue weighted by atomic mass is 9.99. The highest BCUT2D eigenvalue weighted by molar-refractivity contribution is 5.29. The third kappa shape index (κ3) is 3.26. The number of benzene rings is 2. The van der Waals surface area contributed by atoms with E-state index in [9.17, 15) is 4.39 Å². The summed E-state index contributed by atoms with van der Waals surface area (Å²) in [7, 11) is 0. The molecule has 1 aliphatic heterocycles. The summed E-state index contributed by atoms with van der Waals surface area (Å²) < 4.78 is 13.3. The van der Waals surface area contributed by atoms with Crippen molar-refractivity contribution in [2.24, 2.45) is 0 Å². The fourth-order valence-corrected chi connectivity index (χ4v) is 2.93. The topological polar surface area (TPSA) is 3.24 Å². The van der Waals surface area contributed by atoms with Crippen molar-refractivity contribution in [3.63, 3.8) is 0 Å². The smallest absolute Gasteiger partial charge is 0.123 e. The van der Waals surface area contributed by atoms with Crippen molar-refractivity contribution in [1.82, 2.24) is 4.90 Å². The van der Waals surface area contributed by atoms with Gasteiger partial charge in [0.25, 0.3) is 0 Å². The van der Waals surface area contributed by atoms with Crippen molar-refractivity contribution >= 4 is 0 Å². The standard InChI is InChI=1S/C18H20FN/c19-18-9-8-16-10-12-20(14-17(16)13-18)11-4-7-15-5-2-1-3-6-15/h1-3,5-6,8-9,13H,4,7,10-12,14H2. The molecule has 0 radical (unpaired) electrons. The van der Waals surface area contributed by atoms with Gasteiger partial charge in [-0.15, -0.1) is 0 Å². The van der Waals surface area contributed by atoms with E-state index in [-0.39, 0.29) is 5.82 Å². The van der Waals surface area contributed by atoms with Gasteiger partial charge in [-0.3, -0.25) is 4.90 Å². The van der Waals surface area contributed by atoms with Crippen LogP contribution in [-0.4, -0.2) is 18.0 Å². The number of rotatable bonds is 4. The predicted molar refractivity (Wildman–Crippen MR) is 80.1 cm³/mol. The van der Waals surface area contributed by atoms with E-state index in [0.717, 1.165) is 44.5 Å². The first-order chi connectivity index (χ1) is 9.81. The lowest BCUT2D eigenvalue weighted by molar-refractivity contribution is 0.250. The summed E-state index contributed by atoms with van der Waals surface area (Å²) in [6.45, 7) is 3.07. The molecule has 1 nitrogen and oxygen atoms in total. The van der Waals surface area contributed by atoms with Gasteiger partial charge in [0.2, 0.25) is 0 Å². The van der Waals surface area contributed by atoms with Crippen LogP contribution >= 0.6 is 0 Å². The molecule has 3 rings (SSSR count). The number of fused-ring (bicyclic) bond motifs is 1. The zero-order valence-corrected chi connectivity index (χ0v) is 11.7. The van der Waals surface area contributed by atoms with Crippen LogP contribution in [0.25, 0.3) is 0 Å². The summed E-state index contributed by atoms with van der Waals surface area (Å²) in [6.07, 6.45) is 3.32. The summed E-state index contributed by atoms with van der Waals surface area (Å²) in [5.41, 5.74) is 3.87. The van der Waals surface area contributed by atoms with Crippen LogP contribution in [0.5, 0.6) is 0 Å². The second-order valence-electron chi connectivity index (χ2n) is 5.53. The number of halogens is 1. The zero-order chi connectivity index (χ0) is 13.8. The molecule has 2 heteroatoms. The molecule has 2 aromatic rings. The van der Waals surface area contributed by atoms with Gasteiger partial charge >= 0.3 is 0 Å². The van der Waals surface area contributed by atoms with E-state index < -0.39 is 0 Å². The van der Waals surface area contributed by atoms with E-state index in [4.69, 9.17) is 0 Å². The third-order valence-corrected chi connectivity index (χ3v) is 4.04. The molecular formula is C18H20FN. The number of hydrogen-bond donors (Lipinski definition) is 0. The van der Waals surface area contributed by atoms with Gasteiger partial charge in [-0.25, -0.2) is 4.39 Å². The van der Waals surface area contributed by atoms with Crippen LogP contribution < -0.4 is 0 Å². The molecule has 0 spiro atoms. The Kier molecular flexibility index (Phi) is 4.12. The first-order valence-electron chi connectivity index (χ1n) is 7.35. The molecule has 0 aliphatic carbocycles. The van der Waals surface area contributed by atoms with Gasteiger partial charge in [0.05, 0.1) is 0 Å². The van der Waals surface area contributed by atoms with Crippen molar-refractivity contribution in [2.45, 2.75) is 25.8 Å². The van der Waals surface area contributed by atoms with Crippen molar-refractivity contribution in [3.05, 3.63) is 71.0 Å². The van der Waals surface area contributed by atoms with Crippen LogP contribution in [0, 0.1) is 5.82 Å². The van der Waals surface area contributed by atoms with Gasteiger partial charge in [-0.2, -0.15) is 0 Å². The minimum atomic E-state index is -0.116. The molecule has 0 atom stereocenters. The lowest BCUT2D eigenvalue weighted by Crippen LogP contribution is -2.31. The molecule has 1 heterocycles. The van der Waals surface area contributed by atoms with E-state index in [1.54, 1.807) is 12.1 Å². The zero-order valence-electron chi connectivity index (χ0n) is 11.7. The van der Waals surface area contributed by atoms with Crippen molar-refractivity contribution < 1.29 is 4.39 Å². The Hall–Kier alpha value is -1.67. The Morgan fingerprint density at radius 3 is 2.70 bits per heavy atom. The quantitative estimate of drug-likeness (QED) is 0.815. The van der Waals surface area contributed by atoms with Crippen molar-refractivity contribution in [3.8, 4) is 0 Å². The van der Waals surface area contributed by atoms with Gasteiger partial charge in [0.1, 0.15) is 5.82 Å². The van der Waals surface area contributed by atoms with Gasteiger partial charge < -0.3 is 0 Å². The molecule has 0 fully saturated rings. The minimum absolute atomic E-state index is 0.116. The van der Waals surface area contributed by atoms with Crippen molar-refractivity contribution in [2.75, 3.05) is 13.1 Å². The summed E-state index contributed by atoms with van der Waals surface area (Å²) >= 11 is 0. The Bertz CT molecular complexity index is 565. The Morgan fingerprint density at radius 1 is 1.00 bits per heavy atom. The average Bonchev–Trinajstić information content (AvgIpc) is 2.48. The lowest BCUT2D eigenvalue weighted by Gasteiger charge is -2.28. The highest BCUT2D eigenvalue weighted by Gasteiger charge is 2.16. The second-order valence-corrected chi connectivity index (χ2v) is 5.53. The molecule has 0 amide bonds. The molecule has 20 heavy (non-hydrogen) atoms. The molecule has 104 valence electrons. The van der Waals surface area contributed by atoms with Crippen LogP contribution in [0.2, 0.25) is 0 Å². The Labute approximate surface area is 120 Å². The monoisotopic (exact) mass is 269 g/mol. The summed E-state index contributed by atoms with van der Waals surface area (Å²) in [5.74, 6) is -0.116. The van der Waals surface area contributed by atoms with E-state index >= 15 is 0 Å². The van der Waals surface area contributed by atoms with Crippen LogP contribution in [-0.2, 0) is 19.4 Å². The number of hydrogen-bond acceptors (Lipinski definition) is 1. The highest BCUT2D eigenvalue weighted by atomic mass is 19.1. The number of nitrogens with zero attached hydrogens (tertiary/aromatic N) is 1. The molecule has 0 saturated heterocycles. The van der Waals surface area contributed by atoms with Crippen LogP contribution in [0.4, 0.5) is 4.39 Å². The largest absolute Gasteiger partial charge is 0.299 e. The Morgan fingerprint density at radius 2 is 1.85 bits per heavy atom. The molecule has 0 saturated carbocycles. The Balaban J connectivity index is 1.53. The molecular weight excluding hydrogens is 249 g/mol. The summed E-state index contributed by atoms with van der Waals surface area (Å²) in [6, 6.07) is 15.8. The van der Waals surface area contributed by atoms with Gasteiger partial charge in [-0.1, -0.05) is 36.4 Å². The fourth-order valence-electron chi connectivity index (χ4n) is 2.93. The molecule has 1 aliphatic rings. The van der Waals surface area contributed by atoms with E-state index in [1.807, 2.05) is 6.07 Å².